The van der Waals surface area contributed by atoms with E-state index >= 15 is 0 Å². The van der Waals surface area contributed by atoms with Crippen molar-refractivity contribution in [2.24, 2.45) is 0 Å². The van der Waals surface area contributed by atoms with Gasteiger partial charge in [-0.2, -0.15) is 8.78 Å². The van der Waals surface area contributed by atoms with E-state index in [-0.39, 0.29) is 22.3 Å². The van der Waals surface area contributed by atoms with Crippen LogP contribution in [0.4, 0.5) is 14.5 Å². The summed E-state index contributed by atoms with van der Waals surface area (Å²) in [6.45, 7) is -2.98. The summed E-state index contributed by atoms with van der Waals surface area (Å²) in [4.78, 5) is 11.0. The molecule has 0 fully saturated rings. The van der Waals surface area contributed by atoms with Gasteiger partial charge in [-0.05, 0) is 18.2 Å². The molecular weight excluding hydrogens is 263 g/mol. The van der Waals surface area contributed by atoms with Crippen LogP contribution >= 0.6 is 23.2 Å². The molecule has 0 aromatic heterocycles. The summed E-state index contributed by atoms with van der Waals surface area (Å²) in [5, 5.41) is 2.58. The van der Waals surface area contributed by atoms with E-state index in [4.69, 9.17) is 23.2 Å². The van der Waals surface area contributed by atoms with Gasteiger partial charge in [0, 0.05) is 5.02 Å². The van der Waals surface area contributed by atoms with Crippen molar-refractivity contribution < 1.29 is 18.3 Å². The summed E-state index contributed by atoms with van der Waals surface area (Å²) in [6.07, 6.45) is 0. The third kappa shape index (κ3) is 3.83. The lowest BCUT2D eigenvalue weighted by atomic mass is 10.3. The standard InChI is InChI=1S/C9H7Cl2F2NO2/c10-4-8(15)14-6-3-5(11)1-2-7(6)16-9(12)13/h1-3,9H,4H2,(H,14,15). The third-order valence-electron chi connectivity index (χ3n) is 1.55. The highest BCUT2D eigenvalue weighted by Crippen LogP contribution is 2.29. The van der Waals surface area contributed by atoms with Gasteiger partial charge in [0.1, 0.15) is 11.6 Å². The van der Waals surface area contributed by atoms with Crippen LogP contribution in [0.3, 0.4) is 0 Å². The summed E-state index contributed by atoms with van der Waals surface area (Å²) >= 11 is 10.9. The fourth-order valence-corrected chi connectivity index (χ4v) is 1.22. The molecule has 1 amide bonds. The molecule has 0 aliphatic rings. The second-order valence-electron chi connectivity index (χ2n) is 2.70. The van der Waals surface area contributed by atoms with Crippen molar-refractivity contribution in [3.63, 3.8) is 0 Å². The Morgan fingerprint density at radius 2 is 2.19 bits per heavy atom. The van der Waals surface area contributed by atoms with E-state index in [0.717, 1.165) is 0 Å². The van der Waals surface area contributed by atoms with E-state index in [1.807, 2.05) is 0 Å². The van der Waals surface area contributed by atoms with Crippen molar-refractivity contribution >= 4 is 34.8 Å². The Labute approximate surface area is 100 Å². The molecule has 16 heavy (non-hydrogen) atoms. The van der Waals surface area contributed by atoms with Crippen molar-refractivity contribution in [1.82, 2.24) is 0 Å². The number of anilines is 1. The fourth-order valence-electron chi connectivity index (χ4n) is 0.982. The molecule has 3 nitrogen and oxygen atoms in total. The number of carbonyl (C=O) groups is 1. The van der Waals surface area contributed by atoms with Gasteiger partial charge in [-0.25, -0.2) is 0 Å². The number of nitrogens with one attached hydrogen (secondary N) is 1. The highest BCUT2D eigenvalue weighted by molar-refractivity contribution is 6.31. The lowest BCUT2D eigenvalue weighted by Gasteiger charge is -2.11. The normalized spacial score (nSPS) is 10.3. The zero-order valence-corrected chi connectivity index (χ0v) is 9.36. The quantitative estimate of drug-likeness (QED) is 0.853. The maximum Gasteiger partial charge on any atom is 0.387 e. The van der Waals surface area contributed by atoms with Crippen LogP contribution in [0.5, 0.6) is 5.75 Å². The van der Waals surface area contributed by atoms with Gasteiger partial charge in [0.25, 0.3) is 0 Å². The first-order chi connectivity index (χ1) is 7.52. The average Bonchev–Trinajstić information content (AvgIpc) is 2.21. The minimum atomic E-state index is -2.98. The van der Waals surface area contributed by atoms with Gasteiger partial charge >= 0.3 is 6.61 Å². The van der Waals surface area contributed by atoms with Crippen LogP contribution in [-0.2, 0) is 4.79 Å². The van der Waals surface area contributed by atoms with E-state index in [2.05, 4.69) is 10.1 Å². The Morgan fingerprint density at radius 3 is 2.75 bits per heavy atom. The second-order valence-corrected chi connectivity index (χ2v) is 3.40. The fraction of sp³-hybridized carbons (Fsp3) is 0.222. The summed E-state index contributed by atoms with van der Waals surface area (Å²) in [7, 11) is 0. The van der Waals surface area contributed by atoms with Crippen LogP contribution < -0.4 is 10.1 Å². The minimum absolute atomic E-state index is 0.0541. The Hall–Kier alpha value is -1.07. The summed E-state index contributed by atoms with van der Waals surface area (Å²) in [5.74, 6) is -0.999. The van der Waals surface area contributed by atoms with Crippen LogP contribution in [-0.4, -0.2) is 18.4 Å². The van der Waals surface area contributed by atoms with Crippen LogP contribution in [0, 0.1) is 0 Å². The monoisotopic (exact) mass is 269 g/mol. The van der Waals surface area contributed by atoms with E-state index in [0.29, 0.717) is 0 Å². The zero-order chi connectivity index (χ0) is 12.1. The number of ether oxygens (including phenoxy) is 1. The molecule has 1 rings (SSSR count). The first-order valence-corrected chi connectivity index (χ1v) is 5.04. The SMILES string of the molecule is O=C(CCl)Nc1cc(Cl)ccc1OC(F)F. The highest BCUT2D eigenvalue weighted by Gasteiger charge is 2.12. The molecule has 0 aliphatic carbocycles. The van der Waals surface area contributed by atoms with Crippen molar-refractivity contribution in [3.05, 3.63) is 23.2 Å². The predicted octanol–water partition coefficient (Wildman–Crippen LogP) is 3.12. The van der Waals surface area contributed by atoms with Crippen molar-refractivity contribution in [3.8, 4) is 5.75 Å². The van der Waals surface area contributed by atoms with Gasteiger partial charge in [0.2, 0.25) is 5.91 Å². The first-order valence-electron chi connectivity index (χ1n) is 4.13. The molecule has 0 heterocycles. The number of benzene rings is 1. The van der Waals surface area contributed by atoms with Crippen molar-refractivity contribution in [2.45, 2.75) is 6.61 Å². The maximum absolute atomic E-state index is 12.0. The molecule has 0 bridgehead atoms. The van der Waals surface area contributed by atoms with Gasteiger partial charge in [0.15, 0.2) is 0 Å². The van der Waals surface area contributed by atoms with Gasteiger partial charge in [-0.1, -0.05) is 11.6 Å². The zero-order valence-electron chi connectivity index (χ0n) is 7.84. The molecule has 7 heteroatoms. The summed E-state index contributed by atoms with van der Waals surface area (Å²) in [6, 6.07) is 3.90. The van der Waals surface area contributed by atoms with E-state index in [1.54, 1.807) is 0 Å². The van der Waals surface area contributed by atoms with E-state index in [1.165, 1.54) is 18.2 Å². The molecule has 0 radical (unpaired) electrons. The molecular formula is C9H7Cl2F2NO2. The van der Waals surface area contributed by atoms with Gasteiger partial charge in [-0.3, -0.25) is 4.79 Å². The molecule has 1 aromatic rings. The molecule has 1 aromatic carbocycles. The van der Waals surface area contributed by atoms with Crippen molar-refractivity contribution in [1.29, 1.82) is 0 Å². The lowest BCUT2D eigenvalue weighted by Crippen LogP contribution is -2.14. The summed E-state index contributed by atoms with van der Waals surface area (Å²) in [5.41, 5.74) is 0.0541. The number of amides is 1. The Morgan fingerprint density at radius 1 is 1.50 bits per heavy atom. The first kappa shape index (κ1) is 13.0. The number of halogens is 4. The van der Waals surface area contributed by atoms with Gasteiger partial charge in [-0.15, -0.1) is 11.6 Å². The molecule has 0 unspecified atom stereocenters. The lowest BCUT2D eigenvalue weighted by molar-refractivity contribution is -0.114. The largest absolute Gasteiger partial charge is 0.433 e. The number of rotatable bonds is 4. The number of carbonyl (C=O) groups excluding carboxylic acids is 1. The Kier molecular flexibility index (Phi) is 4.76. The predicted molar refractivity (Wildman–Crippen MR) is 57.4 cm³/mol. The molecule has 1 N–H and O–H groups in total. The van der Waals surface area contributed by atoms with Crippen molar-refractivity contribution in [2.75, 3.05) is 11.2 Å². The summed E-state index contributed by atoms with van der Waals surface area (Å²) < 4.78 is 28.2. The molecule has 0 atom stereocenters. The molecule has 0 spiro atoms. The van der Waals surface area contributed by atoms with E-state index in [9.17, 15) is 13.6 Å². The van der Waals surface area contributed by atoms with Gasteiger partial charge in [0.05, 0.1) is 5.69 Å². The third-order valence-corrected chi connectivity index (χ3v) is 2.03. The van der Waals surface area contributed by atoms with Crippen LogP contribution in [0.2, 0.25) is 5.02 Å². The van der Waals surface area contributed by atoms with E-state index < -0.39 is 12.5 Å². The highest BCUT2D eigenvalue weighted by atomic mass is 35.5. The average molecular weight is 270 g/mol. The van der Waals surface area contributed by atoms with Crippen LogP contribution in [0.1, 0.15) is 0 Å². The Bertz CT molecular complexity index is 388. The Balaban J connectivity index is 2.93. The van der Waals surface area contributed by atoms with Crippen LogP contribution in [0.15, 0.2) is 18.2 Å². The molecule has 0 saturated carbocycles. The maximum atomic E-state index is 12.0. The topological polar surface area (TPSA) is 38.3 Å². The van der Waals surface area contributed by atoms with Gasteiger partial charge < -0.3 is 10.1 Å². The number of hydrogen-bond donors (Lipinski definition) is 1. The molecule has 88 valence electrons. The molecule has 0 saturated heterocycles. The number of hydrogen-bond acceptors (Lipinski definition) is 2. The minimum Gasteiger partial charge on any atom is -0.433 e. The van der Waals surface area contributed by atoms with Crippen LogP contribution in [0.25, 0.3) is 0 Å². The number of alkyl halides is 3. The molecule has 0 aliphatic heterocycles. The smallest absolute Gasteiger partial charge is 0.387 e. The second kappa shape index (κ2) is 5.86.